The number of aryl methyl sites for hydroxylation is 1. The lowest BCUT2D eigenvalue weighted by molar-refractivity contribution is -0.121. The fraction of sp³-hybridized carbons (Fsp3) is 0.323. The Morgan fingerprint density at radius 1 is 1.11 bits per heavy atom. The third-order valence-corrected chi connectivity index (χ3v) is 7.09. The minimum absolute atomic E-state index is 0.0224. The molecule has 0 saturated carbocycles. The molecule has 0 spiro atoms. The van der Waals surface area contributed by atoms with Gasteiger partial charge in [-0.25, -0.2) is 14.4 Å². The number of methoxy groups -OCH3 is 1. The van der Waals surface area contributed by atoms with E-state index in [1.165, 1.54) is 31.6 Å². The molecule has 0 radical (unpaired) electrons. The van der Waals surface area contributed by atoms with Crippen molar-refractivity contribution in [3.05, 3.63) is 71.7 Å². The van der Waals surface area contributed by atoms with Crippen LogP contribution in [-0.4, -0.2) is 58.4 Å². The standard InChI is InChI=1S/C31H37F2N9O3/c1-4-19-15-20(8-9-21(19)30(44)39-16-18(2)40-25(43)7-5-6-12-37-31(34)35)41-28-29-38-17-23(42(29)14-13-36-28)22-10-11-24(45-3)27(33)26(22)32/h8-11,13-15,17-18H,4-7,12,16H2,1-3H3,(H,36,41)(H,39,44)(H,40,43)(H4,34,35,37). The fourth-order valence-corrected chi connectivity index (χ4v) is 4.79. The summed E-state index contributed by atoms with van der Waals surface area (Å²) in [5.41, 5.74) is 7.95. The molecular formula is C31H37F2N9O3. The van der Waals surface area contributed by atoms with Gasteiger partial charge in [0.2, 0.25) is 11.7 Å². The highest BCUT2D eigenvalue weighted by molar-refractivity contribution is 5.96. The van der Waals surface area contributed by atoms with Gasteiger partial charge in [-0.2, -0.15) is 4.39 Å². The number of anilines is 2. The van der Waals surface area contributed by atoms with Gasteiger partial charge in [0.25, 0.3) is 5.91 Å². The number of carbonyl (C=O) groups excluding carboxylic acids is 2. The lowest BCUT2D eigenvalue weighted by Crippen LogP contribution is -2.42. The molecule has 2 aromatic carbocycles. The molecule has 0 aliphatic carbocycles. The van der Waals surface area contributed by atoms with Crippen molar-refractivity contribution in [1.29, 1.82) is 5.41 Å². The van der Waals surface area contributed by atoms with Gasteiger partial charge in [0.1, 0.15) is 0 Å². The second kappa shape index (κ2) is 14.9. The molecule has 0 aliphatic heterocycles. The minimum Gasteiger partial charge on any atom is -0.494 e. The number of rotatable bonds is 14. The van der Waals surface area contributed by atoms with E-state index in [0.29, 0.717) is 60.6 Å². The fourth-order valence-electron chi connectivity index (χ4n) is 4.79. The number of carbonyl (C=O) groups is 2. The van der Waals surface area contributed by atoms with Crippen molar-refractivity contribution < 1.29 is 23.1 Å². The molecule has 45 heavy (non-hydrogen) atoms. The van der Waals surface area contributed by atoms with Crippen LogP contribution in [0.3, 0.4) is 0 Å². The SMILES string of the molecule is CCc1cc(Nc2nccn3c(-c4ccc(OC)c(F)c4F)cnc23)ccc1C(=O)NCC(C)NC(=O)CCCCNC(=N)N. The molecule has 12 nitrogen and oxygen atoms in total. The molecule has 14 heteroatoms. The quantitative estimate of drug-likeness (QED) is 0.0700. The number of hydrogen-bond acceptors (Lipinski definition) is 7. The number of nitrogens with two attached hydrogens (primary N) is 1. The third kappa shape index (κ3) is 8.02. The van der Waals surface area contributed by atoms with Crippen molar-refractivity contribution >= 4 is 34.9 Å². The number of benzene rings is 2. The van der Waals surface area contributed by atoms with Gasteiger partial charge in [-0.05, 0) is 62.1 Å². The maximum absolute atomic E-state index is 14.8. The van der Waals surface area contributed by atoms with E-state index < -0.39 is 11.6 Å². The van der Waals surface area contributed by atoms with Crippen molar-refractivity contribution in [3.8, 4) is 17.0 Å². The van der Waals surface area contributed by atoms with Gasteiger partial charge in [0.15, 0.2) is 29.0 Å². The molecule has 0 saturated heterocycles. The zero-order valence-corrected chi connectivity index (χ0v) is 25.3. The highest BCUT2D eigenvalue weighted by Gasteiger charge is 2.20. The average Bonchev–Trinajstić information content (AvgIpc) is 3.45. The number of nitrogens with one attached hydrogen (secondary N) is 5. The molecule has 0 bridgehead atoms. The summed E-state index contributed by atoms with van der Waals surface area (Å²) < 4.78 is 35.7. The Balaban J connectivity index is 1.39. The van der Waals surface area contributed by atoms with Gasteiger partial charge in [-0.3, -0.25) is 19.4 Å². The van der Waals surface area contributed by atoms with Crippen molar-refractivity contribution in [2.75, 3.05) is 25.5 Å². The van der Waals surface area contributed by atoms with E-state index in [2.05, 4.69) is 31.2 Å². The maximum Gasteiger partial charge on any atom is 0.251 e. The van der Waals surface area contributed by atoms with Gasteiger partial charge < -0.3 is 31.7 Å². The molecular weight excluding hydrogens is 584 g/mol. The summed E-state index contributed by atoms with van der Waals surface area (Å²) in [6.07, 6.45) is 6.84. The van der Waals surface area contributed by atoms with Crippen LogP contribution in [0.1, 0.15) is 49.0 Å². The number of guanidine groups is 1. The van der Waals surface area contributed by atoms with Crippen LogP contribution in [0.2, 0.25) is 0 Å². The van der Waals surface area contributed by atoms with Gasteiger partial charge in [-0.1, -0.05) is 6.92 Å². The lowest BCUT2D eigenvalue weighted by atomic mass is 10.0. The second-order valence-electron chi connectivity index (χ2n) is 10.4. The highest BCUT2D eigenvalue weighted by atomic mass is 19.2. The number of halogens is 2. The van der Waals surface area contributed by atoms with E-state index in [0.717, 1.165) is 5.56 Å². The normalized spacial score (nSPS) is 11.6. The zero-order valence-electron chi connectivity index (χ0n) is 25.3. The third-order valence-electron chi connectivity index (χ3n) is 7.09. The van der Waals surface area contributed by atoms with Gasteiger partial charge >= 0.3 is 0 Å². The predicted octanol–water partition coefficient (Wildman–Crippen LogP) is 3.88. The Hall–Kier alpha value is -5.27. The molecule has 2 heterocycles. The molecule has 2 amide bonds. The van der Waals surface area contributed by atoms with Crippen LogP contribution in [0.5, 0.6) is 5.75 Å². The Labute approximate surface area is 259 Å². The summed E-state index contributed by atoms with van der Waals surface area (Å²) in [5, 5.41) is 18.8. The number of hydrogen-bond donors (Lipinski definition) is 6. The molecule has 1 atom stereocenters. The van der Waals surface area contributed by atoms with E-state index in [1.54, 1.807) is 22.7 Å². The number of imidazole rings is 1. The summed E-state index contributed by atoms with van der Waals surface area (Å²) in [6, 6.07) is 7.81. The van der Waals surface area contributed by atoms with Crippen LogP contribution < -0.4 is 31.7 Å². The maximum atomic E-state index is 14.8. The first-order valence-electron chi connectivity index (χ1n) is 14.5. The van der Waals surface area contributed by atoms with Crippen molar-refractivity contribution in [2.24, 2.45) is 5.73 Å². The monoisotopic (exact) mass is 621 g/mol. The topological polar surface area (TPSA) is 172 Å². The molecule has 238 valence electrons. The lowest BCUT2D eigenvalue weighted by Gasteiger charge is -2.16. The summed E-state index contributed by atoms with van der Waals surface area (Å²) >= 11 is 0. The van der Waals surface area contributed by atoms with Gasteiger partial charge in [0.05, 0.1) is 19.0 Å². The van der Waals surface area contributed by atoms with Crippen LogP contribution in [-0.2, 0) is 11.2 Å². The van der Waals surface area contributed by atoms with Crippen LogP contribution in [0.15, 0.2) is 48.9 Å². The first-order chi connectivity index (χ1) is 21.6. The van der Waals surface area contributed by atoms with E-state index in [9.17, 15) is 18.4 Å². The van der Waals surface area contributed by atoms with E-state index in [1.807, 2.05) is 19.9 Å². The molecule has 4 aromatic rings. The number of amides is 2. The summed E-state index contributed by atoms with van der Waals surface area (Å²) in [6.45, 7) is 4.55. The Kier molecular flexibility index (Phi) is 10.8. The zero-order chi connectivity index (χ0) is 32.5. The molecule has 2 aromatic heterocycles. The average molecular weight is 622 g/mol. The van der Waals surface area contributed by atoms with Crippen molar-refractivity contribution in [2.45, 2.75) is 45.6 Å². The predicted molar refractivity (Wildman–Crippen MR) is 168 cm³/mol. The first kappa shape index (κ1) is 32.6. The summed E-state index contributed by atoms with van der Waals surface area (Å²) in [7, 11) is 1.27. The van der Waals surface area contributed by atoms with E-state index in [-0.39, 0.29) is 41.7 Å². The van der Waals surface area contributed by atoms with Gasteiger partial charge in [0, 0.05) is 54.8 Å². The Morgan fingerprint density at radius 3 is 2.64 bits per heavy atom. The van der Waals surface area contributed by atoms with Gasteiger partial charge in [-0.15, -0.1) is 0 Å². The van der Waals surface area contributed by atoms with Crippen LogP contribution in [0.4, 0.5) is 20.3 Å². The number of fused-ring (bicyclic) bond motifs is 1. The highest BCUT2D eigenvalue weighted by Crippen LogP contribution is 2.31. The van der Waals surface area contributed by atoms with Crippen molar-refractivity contribution in [3.63, 3.8) is 0 Å². The number of nitrogens with zero attached hydrogens (tertiary/aromatic N) is 3. The number of unbranched alkanes of at least 4 members (excludes halogenated alkanes) is 1. The van der Waals surface area contributed by atoms with Crippen LogP contribution in [0.25, 0.3) is 16.9 Å². The Morgan fingerprint density at radius 2 is 1.91 bits per heavy atom. The molecule has 7 N–H and O–H groups in total. The smallest absolute Gasteiger partial charge is 0.251 e. The summed E-state index contributed by atoms with van der Waals surface area (Å²) in [5.74, 6) is -2.40. The first-order valence-corrected chi connectivity index (χ1v) is 14.5. The van der Waals surface area contributed by atoms with Crippen LogP contribution in [0, 0.1) is 17.0 Å². The summed E-state index contributed by atoms with van der Waals surface area (Å²) in [4.78, 5) is 34.0. The molecule has 4 rings (SSSR count). The second-order valence-corrected chi connectivity index (χ2v) is 10.4. The largest absolute Gasteiger partial charge is 0.494 e. The molecule has 1 unspecified atom stereocenters. The number of ether oxygens (including phenoxy) is 1. The minimum atomic E-state index is -1.08. The molecule has 0 aliphatic rings. The van der Waals surface area contributed by atoms with Crippen molar-refractivity contribution in [1.82, 2.24) is 30.3 Å². The number of aromatic nitrogens is 3. The van der Waals surface area contributed by atoms with E-state index >= 15 is 0 Å². The Bertz CT molecular complexity index is 1690. The van der Waals surface area contributed by atoms with Crippen LogP contribution >= 0.6 is 0 Å². The molecule has 0 fully saturated rings. The van der Waals surface area contributed by atoms with E-state index in [4.69, 9.17) is 15.9 Å².